The van der Waals surface area contributed by atoms with E-state index in [1.165, 1.54) is 0 Å². The number of oxazole rings is 1. The minimum absolute atomic E-state index is 0.460. The van der Waals surface area contributed by atoms with Crippen LogP contribution < -0.4 is 5.76 Å². The average molecular weight is 331 g/mol. The predicted molar refractivity (Wildman–Crippen MR) is 76.5 cm³/mol. The van der Waals surface area contributed by atoms with Crippen LogP contribution in [0.25, 0.3) is 28.0 Å². The lowest BCUT2D eigenvalue weighted by molar-refractivity contribution is 0.555. The van der Waals surface area contributed by atoms with Gasteiger partial charge in [-0.15, -0.1) is 0 Å². The van der Waals surface area contributed by atoms with Gasteiger partial charge < -0.3 is 4.42 Å². The van der Waals surface area contributed by atoms with Gasteiger partial charge in [-0.25, -0.2) is 14.3 Å². The Morgan fingerprint density at radius 3 is 3.05 bits per heavy atom. The van der Waals surface area contributed by atoms with Crippen molar-refractivity contribution in [2.75, 3.05) is 0 Å². The molecule has 1 N–H and O–H groups in total. The number of halogens is 1. The summed E-state index contributed by atoms with van der Waals surface area (Å²) < 4.78 is 7.54. The Labute approximate surface area is 120 Å². The molecule has 0 bridgehead atoms. The fourth-order valence-electron chi connectivity index (χ4n) is 2.10. The van der Waals surface area contributed by atoms with Crippen LogP contribution in [0.3, 0.4) is 0 Å². The first-order valence-electron chi connectivity index (χ1n) is 5.84. The summed E-state index contributed by atoms with van der Waals surface area (Å²) in [6, 6.07) is 9.22. The fourth-order valence-corrected chi connectivity index (χ4v) is 2.47. The standard InChI is InChI=1S/C13H7BrN4O2/c14-11-6-15-12-4-3-8(17-18(11)12)7-1-2-9-10(5-7)20-13(19)16-9/h1-6H,(H,16,19). The maximum absolute atomic E-state index is 11.2. The van der Waals surface area contributed by atoms with Crippen LogP contribution in [0, 0.1) is 0 Å². The number of aromatic amines is 1. The smallest absolute Gasteiger partial charge is 0.408 e. The van der Waals surface area contributed by atoms with Gasteiger partial charge in [0.2, 0.25) is 0 Å². The van der Waals surface area contributed by atoms with Crippen molar-refractivity contribution < 1.29 is 4.42 Å². The van der Waals surface area contributed by atoms with E-state index in [0.717, 1.165) is 21.5 Å². The molecule has 0 aliphatic carbocycles. The zero-order chi connectivity index (χ0) is 13.7. The molecule has 3 heterocycles. The molecule has 0 atom stereocenters. The first-order chi connectivity index (χ1) is 9.70. The molecule has 3 aromatic heterocycles. The number of nitrogens with one attached hydrogen (secondary N) is 1. The van der Waals surface area contributed by atoms with Crippen LogP contribution in [0.15, 0.2) is 50.3 Å². The molecule has 0 spiro atoms. The summed E-state index contributed by atoms with van der Waals surface area (Å²) in [5.41, 5.74) is 3.57. The molecule has 7 heteroatoms. The molecular formula is C13H7BrN4O2. The highest BCUT2D eigenvalue weighted by atomic mass is 79.9. The van der Waals surface area contributed by atoms with Crippen LogP contribution in [-0.2, 0) is 0 Å². The van der Waals surface area contributed by atoms with E-state index in [0.29, 0.717) is 11.1 Å². The lowest BCUT2D eigenvalue weighted by atomic mass is 10.1. The van der Waals surface area contributed by atoms with Crippen molar-refractivity contribution in [3.63, 3.8) is 0 Å². The molecule has 0 amide bonds. The summed E-state index contributed by atoms with van der Waals surface area (Å²) in [4.78, 5) is 18.0. The molecule has 0 unspecified atom stereocenters. The number of H-pyrrole nitrogens is 1. The van der Waals surface area contributed by atoms with Gasteiger partial charge in [-0.2, -0.15) is 5.10 Å². The second kappa shape index (κ2) is 4.04. The van der Waals surface area contributed by atoms with Gasteiger partial charge in [-0.1, -0.05) is 6.07 Å². The number of benzene rings is 1. The maximum atomic E-state index is 11.2. The second-order valence-electron chi connectivity index (χ2n) is 4.29. The highest BCUT2D eigenvalue weighted by Gasteiger charge is 2.07. The molecule has 20 heavy (non-hydrogen) atoms. The summed E-state index contributed by atoms with van der Waals surface area (Å²) in [6.07, 6.45) is 1.69. The Bertz CT molecular complexity index is 998. The van der Waals surface area contributed by atoms with Crippen LogP contribution in [0.1, 0.15) is 0 Å². The summed E-state index contributed by atoms with van der Waals surface area (Å²) in [6.45, 7) is 0. The Hall–Kier alpha value is -2.41. The van der Waals surface area contributed by atoms with Crippen molar-refractivity contribution in [3.8, 4) is 11.3 Å². The number of hydrogen-bond acceptors (Lipinski definition) is 4. The lowest BCUT2D eigenvalue weighted by Crippen LogP contribution is -1.94. The molecule has 6 nitrogen and oxygen atoms in total. The summed E-state index contributed by atoms with van der Waals surface area (Å²) >= 11 is 3.39. The second-order valence-corrected chi connectivity index (χ2v) is 5.11. The van der Waals surface area contributed by atoms with Gasteiger partial charge >= 0.3 is 5.76 Å². The van der Waals surface area contributed by atoms with E-state index in [4.69, 9.17) is 4.42 Å². The number of rotatable bonds is 1. The van der Waals surface area contributed by atoms with Crippen LogP contribution in [0.4, 0.5) is 0 Å². The van der Waals surface area contributed by atoms with Crippen molar-refractivity contribution >= 4 is 32.7 Å². The van der Waals surface area contributed by atoms with Gasteiger partial charge in [0.25, 0.3) is 0 Å². The third kappa shape index (κ3) is 1.67. The number of aromatic nitrogens is 4. The molecular weight excluding hydrogens is 324 g/mol. The first-order valence-corrected chi connectivity index (χ1v) is 6.63. The minimum Gasteiger partial charge on any atom is -0.408 e. The molecule has 0 radical (unpaired) electrons. The van der Waals surface area contributed by atoms with Gasteiger partial charge in [0, 0.05) is 5.56 Å². The Kier molecular flexibility index (Phi) is 2.31. The quantitative estimate of drug-likeness (QED) is 0.582. The van der Waals surface area contributed by atoms with E-state index in [2.05, 4.69) is 31.0 Å². The number of nitrogens with zero attached hydrogens (tertiary/aromatic N) is 3. The molecule has 1 aromatic carbocycles. The third-order valence-electron chi connectivity index (χ3n) is 3.04. The minimum atomic E-state index is -0.460. The largest absolute Gasteiger partial charge is 0.417 e. The van der Waals surface area contributed by atoms with Gasteiger partial charge in [-0.05, 0) is 40.2 Å². The van der Waals surface area contributed by atoms with Crippen molar-refractivity contribution in [2.24, 2.45) is 0 Å². The summed E-state index contributed by atoms with van der Waals surface area (Å²) in [5, 5.41) is 4.50. The number of hydrogen-bond donors (Lipinski definition) is 1. The third-order valence-corrected chi connectivity index (χ3v) is 3.58. The van der Waals surface area contributed by atoms with E-state index in [9.17, 15) is 4.79 Å². The number of fused-ring (bicyclic) bond motifs is 2. The monoisotopic (exact) mass is 330 g/mol. The van der Waals surface area contributed by atoms with Crippen LogP contribution in [0.5, 0.6) is 0 Å². The molecule has 0 saturated carbocycles. The molecule has 0 aliphatic heterocycles. The normalized spacial score (nSPS) is 11.4. The van der Waals surface area contributed by atoms with Gasteiger partial charge in [0.1, 0.15) is 4.60 Å². The molecule has 4 aromatic rings. The van der Waals surface area contributed by atoms with E-state index in [1.807, 2.05) is 18.2 Å². The van der Waals surface area contributed by atoms with Crippen molar-refractivity contribution in [1.29, 1.82) is 0 Å². The Morgan fingerprint density at radius 1 is 1.25 bits per heavy atom. The van der Waals surface area contributed by atoms with Crippen LogP contribution >= 0.6 is 15.9 Å². The highest BCUT2D eigenvalue weighted by Crippen LogP contribution is 2.22. The van der Waals surface area contributed by atoms with E-state index < -0.39 is 5.76 Å². The summed E-state index contributed by atoms with van der Waals surface area (Å²) in [5.74, 6) is -0.460. The first kappa shape index (κ1) is 11.4. The van der Waals surface area contributed by atoms with Gasteiger partial charge in [0.05, 0.1) is 17.4 Å². The lowest BCUT2D eigenvalue weighted by Gasteiger charge is -2.02. The maximum Gasteiger partial charge on any atom is 0.417 e. The molecule has 4 rings (SSSR count). The van der Waals surface area contributed by atoms with Crippen molar-refractivity contribution in [3.05, 3.63) is 51.7 Å². The van der Waals surface area contributed by atoms with Gasteiger partial charge in [-0.3, -0.25) is 4.98 Å². The molecule has 98 valence electrons. The Balaban J connectivity index is 1.94. The van der Waals surface area contributed by atoms with Crippen LogP contribution in [0.2, 0.25) is 0 Å². The van der Waals surface area contributed by atoms with Crippen molar-refractivity contribution in [1.82, 2.24) is 19.6 Å². The van der Waals surface area contributed by atoms with Crippen molar-refractivity contribution in [2.45, 2.75) is 0 Å². The van der Waals surface area contributed by atoms with Crippen LogP contribution in [-0.4, -0.2) is 19.6 Å². The highest BCUT2D eigenvalue weighted by molar-refractivity contribution is 9.10. The molecule has 0 saturated heterocycles. The average Bonchev–Trinajstić information content (AvgIpc) is 3.00. The van der Waals surface area contributed by atoms with E-state index >= 15 is 0 Å². The fraction of sp³-hybridized carbons (Fsp3) is 0. The zero-order valence-corrected chi connectivity index (χ0v) is 11.6. The summed E-state index contributed by atoms with van der Waals surface area (Å²) in [7, 11) is 0. The van der Waals surface area contributed by atoms with E-state index in [-0.39, 0.29) is 0 Å². The zero-order valence-electron chi connectivity index (χ0n) is 10.0. The topological polar surface area (TPSA) is 76.2 Å². The van der Waals surface area contributed by atoms with Gasteiger partial charge in [0.15, 0.2) is 11.2 Å². The number of imidazole rings is 1. The SMILES string of the molecule is O=c1[nH]c2ccc(-c3ccc4ncc(Br)n4n3)cc2o1. The predicted octanol–water partition coefficient (Wildman–Crippen LogP) is 2.59. The Morgan fingerprint density at radius 2 is 2.15 bits per heavy atom. The molecule has 0 fully saturated rings. The van der Waals surface area contributed by atoms with E-state index in [1.54, 1.807) is 22.8 Å². The molecule has 0 aliphatic rings.